The molecular weight excluding hydrogens is 532 g/mol. The second kappa shape index (κ2) is 15.5. The fraction of sp³-hybridized carbons (Fsp3) is 0.235. The molecule has 0 atom stereocenters. The number of hydrogen-bond acceptors (Lipinski definition) is 4. The molecule has 212 valence electrons. The average Bonchev–Trinajstić information content (AvgIpc) is 2.98. The number of carboxylic acid groups (broad SMARTS) is 1. The van der Waals surface area contributed by atoms with Crippen LogP contribution in [0.3, 0.4) is 0 Å². The molecule has 4 rings (SSSR count). The Kier molecular flexibility index (Phi) is 11.3. The van der Waals surface area contributed by atoms with Crippen molar-refractivity contribution in [2.24, 2.45) is 0 Å². The molecule has 0 unspecified atom stereocenters. The van der Waals surface area contributed by atoms with Crippen LogP contribution in [0.15, 0.2) is 113 Å². The number of urea groups is 1. The largest absolute Gasteiger partial charge is 0.481 e. The fourth-order valence-corrected chi connectivity index (χ4v) is 5.18. The molecule has 41 heavy (non-hydrogen) atoms. The van der Waals surface area contributed by atoms with E-state index in [4.69, 9.17) is 9.84 Å². The molecule has 0 fully saturated rings. The van der Waals surface area contributed by atoms with Crippen molar-refractivity contribution in [2.45, 2.75) is 55.2 Å². The van der Waals surface area contributed by atoms with Crippen LogP contribution >= 0.6 is 11.8 Å². The van der Waals surface area contributed by atoms with E-state index < -0.39 is 5.97 Å². The van der Waals surface area contributed by atoms with E-state index >= 15 is 0 Å². The second-order valence-corrected chi connectivity index (χ2v) is 10.9. The first kappa shape index (κ1) is 29.7. The number of carbonyl (C=O) groups excluding carboxylic acids is 1. The predicted octanol–water partition coefficient (Wildman–Crippen LogP) is 9.27. The number of para-hydroxylation sites is 3. The van der Waals surface area contributed by atoms with Crippen LogP contribution in [0.25, 0.3) is 0 Å². The molecule has 0 heterocycles. The van der Waals surface area contributed by atoms with E-state index in [0.717, 1.165) is 40.3 Å². The third kappa shape index (κ3) is 9.43. The highest BCUT2D eigenvalue weighted by atomic mass is 32.2. The van der Waals surface area contributed by atoms with Gasteiger partial charge in [-0.1, -0.05) is 86.8 Å². The summed E-state index contributed by atoms with van der Waals surface area (Å²) in [5.74, 6) is 0.440. The molecule has 0 saturated heterocycles. The first-order valence-electron chi connectivity index (χ1n) is 14.0. The van der Waals surface area contributed by atoms with Crippen molar-refractivity contribution in [3.05, 3.63) is 109 Å². The van der Waals surface area contributed by atoms with E-state index in [1.807, 2.05) is 103 Å². The van der Waals surface area contributed by atoms with Crippen LogP contribution in [0.1, 0.15) is 44.6 Å². The van der Waals surface area contributed by atoms with E-state index in [0.29, 0.717) is 23.7 Å². The van der Waals surface area contributed by atoms with E-state index in [2.05, 4.69) is 12.2 Å². The number of ether oxygens (including phenoxy) is 1. The smallest absolute Gasteiger partial charge is 0.326 e. The Morgan fingerprint density at radius 2 is 1.41 bits per heavy atom. The molecule has 6 nitrogen and oxygen atoms in total. The van der Waals surface area contributed by atoms with Crippen molar-refractivity contribution in [3.63, 3.8) is 0 Å². The highest BCUT2D eigenvalue weighted by Crippen LogP contribution is 2.32. The van der Waals surface area contributed by atoms with Gasteiger partial charge in [-0.2, -0.15) is 0 Å². The summed E-state index contributed by atoms with van der Waals surface area (Å²) in [4.78, 5) is 28.4. The summed E-state index contributed by atoms with van der Waals surface area (Å²) in [7, 11) is 0. The molecule has 0 aliphatic heterocycles. The molecule has 2 N–H and O–H groups in total. The molecule has 0 aliphatic carbocycles. The van der Waals surface area contributed by atoms with Gasteiger partial charge >= 0.3 is 12.0 Å². The van der Waals surface area contributed by atoms with Crippen molar-refractivity contribution < 1.29 is 19.4 Å². The Bertz CT molecular complexity index is 1390. The summed E-state index contributed by atoms with van der Waals surface area (Å²) in [5, 5.41) is 12.1. The molecule has 0 radical (unpaired) electrons. The van der Waals surface area contributed by atoms with Gasteiger partial charge in [0.1, 0.15) is 5.75 Å². The first-order valence-corrected chi connectivity index (χ1v) is 14.8. The van der Waals surface area contributed by atoms with E-state index in [-0.39, 0.29) is 12.5 Å². The van der Waals surface area contributed by atoms with E-state index in [1.165, 1.54) is 12.8 Å². The molecule has 7 heteroatoms. The van der Waals surface area contributed by atoms with Gasteiger partial charge in [0.05, 0.1) is 12.1 Å². The standard InChI is InChI=1S/C34H36N2O4S/c1-2-3-4-5-11-24-36(34(39)35-31-14-9-10-15-32(31)40-28-12-7-6-8-13-28)27-18-22-30(23-19-27)41-29-20-16-26(17-21-29)25-33(37)38/h6-10,12-23H,2-5,11,24-25H2,1H3,(H,35,39)(H,37,38). The molecule has 2 amide bonds. The van der Waals surface area contributed by atoms with Gasteiger partial charge < -0.3 is 15.2 Å². The summed E-state index contributed by atoms with van der Waals surface area (Å²) in [6.07, 6.45) is 5.51. The molecule has 0 aromatic heterocycles. The maximum Gasteiger partial charge on any atom is 0.326 e. The van der Waals surface area contributed by atoms with Gasteiger partial charge in [-0.05, 0) is 72.6 Å². The Morgan fingerprint density at radius 3 is 2.10 bits per heavy atom. The monoisotopic (exact) mass is 568 g/mol. The zero-order chi connectivity index (χ0) is 28.9. The van der Waals surface area contributed by atoms with Crippen molar-refractivity contribution in [3.8, 4) is 11.5 Å². The Morgan fingerprint density at radius 1 is 0.780 bits per heavy atom. The van der Waals surface area contributed by atoms with Crippen LogP contribution in [0, 0.1) is 0 Å². The molecule has 4 aromatic carbocycles. The van der Waals surface area contributed by atoms with Crippen molar-refractivity contribution in [2.75, 3.05) is 16.8 Å². The number of nitrogens with one attached hydrogen (secondary N) is 1. The van der Waals surface area contributed by atoms with Gasteiger partial charge in [-0.15, -0.1) is 0 Å². The van der Waals surface area contributed by atoms with Crippen LogP contribution < -0.4 is 15.0 Å². The van der Waals surface area contributed by atoms with Gasteiger partial charge in [0.15, 0.2) is 5.75 Å². The minimum atomic E-state index is -0.841. The number of nitrogens with zero attached hydrogens (tertiary/aromatic N) is 1. The van der Waals surface area contributed by atoms with Crippen LogP contribution in [0.5, 0.6) is 11.5 Å². The summed E-state index contributed by atoms with van der Waals surface area (Å²) in [6.45, 7) is 2.80. The highest BCUT2D eigenvalue weighted by Gasteiger charge is 2.18. The fourth-order valence-electron chi connectivity index (χ4n) is 4.36. The quantitative estimate of drug-likeness (QED) is 0.148. The van der Waals surface area contributed by atoms with Crippen LogP contribution in [-0.2, 0) is 11.2 Å². The van der Waals surface area contributed by atoms with E-state index in [1.54, 1.807) is 16.7 Å². The zero-order valence-electron chi connectivity index (χ0n) is 23.3. The van der Waals surface area contributed by atoms with Crippen LogP contribution in [0.2, 0.25) is 0 Å². The maximum absolute atomic E-state index is 13.6. The SMILES string of the molecule is CCCCCCCN(C(=O)Nc1ccccc1Oc1ccccc1)c1ccc(Sc2ccc(CC(=O)O)cc2)cc1. The first-order chi connectivity index (χ1) is 20.0. The topological polar surface area (TPSA) is 78.9 Å². The van der Waals surface area contributed by atoms with Crippen molar-refractivity contribution in [1.29, 1.82) is 0 Å². The number of rotatable bonds is 14. The maximum atomic E-state index is 13.6. The number of carboxylic acids is 1. The summed E-state index contributed by atoms with van der Waals surface area (Å²) >= 11 is 1.59. The third-order valence-electron chi connectivity index (χ3n) is 6.49. The minimum Gasteiger partial charge on any atom is -0.481 e. The lowest BCUT2D eigenvalue weighted by Gasteiger charge is -2.24. The summed E-state index contributed by atoms with van der Waals surface area (Å²) in [6, 6.07) is 32.3. The molecular formula is C34H36N2O4S. The van der Waals surface area contributed by atoms with Gasteiger partial charge in [-0.3, -0.25) is 9.69 Å². The molecule has 0 aliphatic rings. The van der Waals surface area contributed by atoms with Gasteiger partial charge in [-0.25, -0.2) is 4.79 Å². The number of aliphatic carboxylic acids is 1. The van der Waals surface area contributed by atoms with Gasteiger partial charge in [0.2, 0.25) is 0 Å². The molecule has 0 saturated carbocycles. The van der Waals surface area contributed by atoms with Crippen LogP contribution in [0.4, 0.5) is 16.2 Å². The summed E-state index contributed by atoms with van der Waals surface area (Å²) < 4.78 is 6.05. The lowest BCUT2D eigenvalue weighted by molar-refractivity contribution is -0.136. The Labute approximate surface area is 246 Å². The Hall–Kier alpha value is -4.23. The van der Waals surface area contributed by atoms with Gasteiger partial charge in [0, 0.05) is 22.0 Å². The normalized spacial score (nSPS) is 10.7. The number of anilines is 2. The predicted molar refractivity (Wildman–Crippen MR) is 166 cm³/mol. The number of amides is 2. The number of carbonyl (C=O) groups is 2. The zero-order valence-corrected chi connectivity index (χ0v) is 24.1. The molecule has 0 bridgehead atoms. The lowest BCUT2D eigenvalue weighted by atomic mass is 10.1. The number of unbranched alkanes of at least 4 members (excludes halogenated alkanes) is 4. The highest BCUT2D eigenvalue weighted by molar-refractivity contribution is 7.99. The average molecular weight is 569 g/mol. The molecule has 4 aromatic rings. The lowest BCUT2D eigenvalue weighted by Crippen LogP contribution is -2.36. The minimum absolute atomic E-state index is 0.0127. The molecule has 0 spiro atoms. The third-order valence-corrected chi connectivity index (χ3v) is 7.51. The Balaban J connectivity index is 1.47. The summed E-state index contributed by atoms with van der Waals surface area (Å²) in [5.41, 5.74) is 2.20. The second-order valence-electron chi connectivity index (χ2n) is 9.72. The van der Waals surface area contributed by atoms with Crippen molar-refractivity contribution in [1.82, 2.24) is 0 Å². The number of hydrogen-bond donors (Lipinski definition) is 2. The number of benzene rings is 4. The van der Waals surface area contributed by atoms with Crippen LogP contribution in [-0.4, -0.2) is 23.7 Å². The van der Waals surface area contributed by atoms with Crippen molar-refractivity contribution >= 4 is 35.1 Å². The van der Waals surface area contributed by atoms with E-state index in [9.17, 15) is 9.59 Å². The van der Waals surface area contributed by atoms with Gasteiger partial charge in [0.25, 0.3) is 0 Å².